The smallest absolute Gasteiger partial charge is 0.337 e. The first-order chi connectivity index (χ1) is 14.7. The highest BCUT2D eigenvalue weighted by Gasteiger charge is 2.15. The molecule has 0 bridgehead atoms. The monoisotopic (exact) mass is 445 g/mol. The molecule has 0 saturated heterocycles. The molecule has 0 saturated carbocycles. The lowest BCUT2D eigenvalue weighted by Gasteiger charge is -2.13. The van der Waals surface area contributed by atoms with Gasteiger partial charge in [-0.1, -0.05) is 11.6 Å². The van der Waals surface area contributed by atoms with Gasteiger partial charge in [0.15, 0.2) is 0 Å². The third kappa shape index (κ3) is 6.13. The maximum absolute atomic E-state index is 13.6. The van der Waals surface area contributed by atoms with Crippen molar-refractivity contribution in [2.45, 2.75) is 20.0 Å². The largest absolute Gasteiger partial charge is 0.478 e. The van der Waals surface area contributed by atoms with Crippen LogP contribution in [0, 0.1) is 5.82 Å². The van der Waals surface area contributed by atoms with E-state index in [1.54, 1.807) is 13.8 Å². The summed E-state index contributed by atoms with van der Waals surface area (Å²) < 4.78 is 24.7. The minimum Gasteiger partial charge on any atom is -0.478 e. The fraction of sp³-hybridized carbons (Fsp3) is 0.143. The van der Waals surface area contributed by atoms with Crippen molar-refractivity contribution in [3.05, 3.63) is 70.6 Å². The normalized spacial score (nSPS) is 10.6. The number of aromatic nitrogens is 2. The summed E-state index contributed by atoms with van der Waals surface area (Å²) in [5.41, 5.74) is 0.117. The van der Waals surface area contributed by atoms with Gasteiger partial charge < -0.3 is 19.9 Å². The molecule has 3 rings (SSSR count). The third-order valence-corrected chi connectivity index (χ3v) is 3.93. The molecule has 10 heteroatoms. The van der Waals surface area contributed by atoms with Crippen LogP contribution in [0.25, 0.3) is 0 Å². The lowest BCUT2D eigenvalue weighted by atomic mass is 10.2. The second-order valence-electron chi connectivity index (χ2n) is 6.60. The molecule has 1 aromatic carbocycles. The molecule has 0 fully saturated rings. The molecule has 0 aliphatic carbocycles. The summed E-state index contributed by atoms with van der Waals surface area (Å²) in [6, 6.07) is 9.07. The Labute approximate surface area is 181 Å². The Morgan fingerprint density at radius 1 is 1.10 bits per heavy atom. The van der Waals surface area contributed by atoms with E-state index in [2.05, 4.69) is 15.3 Å². The molecule has 0 radical (unpaired) electrons. The standard InChI is InChI=1S/C21H17ClFN3O5/c1-11(2)30-18-5-13(20(27)25-17-4-3-12(10-24-17)21(28)29)6-19(26-18)31-16-8-14(22)7-15(23)9-16/h3-11H,1-2H3,(H,28,29)(H,24,25,27). The van der Waals surface area contributed by atoms with Crippen molar-refractivity contribution in [2.24, 2.45) is 0 Å². The molecule has 0 aliphatic heterocycles. The first-order valence-corrected chi connectivity index (χ1v) is 9.41. The van der Waals surface area contributed by atoms with Gasteiger partial charge in [0, 0.05) is 29.4 Å². The first-order valence-electron chi connectivity index (χ1n) is 9.03. The number of carboxylic acids is 1. The number of benzene rings is 1. The van der Waals surface area contributed by atoms with E-state index < -0.39 is 17.7 Å². The number of nitrogens with one attached hydrogen (secondary N) is 1. The van der Waals surface area contributed by atoms with Gasteiger partial charge in [-0.3, -0.25) is 4.79 Å². The lowest BCUT2D eigenvalue weighted by Crippen LogP contribution is -2.15. The molecule has 0 aliphatic rings. The zero-order valence-electron chi connectivity index (χ0n) is 16.4. The first kappa shape index (κ1) is 22.0. The lowest BCUT2D eigenvalue weighted by molar-refractivity contribution is 0.0696. The summed E-state index contributed by atoms with van der Waals surface area (Å²) in [6.07, 6.45) is 0.896. The van der Waals surface area contributed by atoms with Crippen molar-refractivity contribution in [1.29, 1.82) is 0 Å². The number of rotatable bonds is 7. The van der Waals surface area contributed by atoms with E-state index in [1.165, 1.54) is 30.3 Å². The summed E-state index contributed by atoms with van der Waals surface area (Å²) in [5, 5.41) is 11.6. The van der Waals surface area contributed by atoms with Crippen molar-refractivity contribution in [2.75, 3.05) is 5.32 Å². The van der Waals surface area contributed by atoms with Crippen LogP contribution in [0.5, 0.6) is 17.5 Å². The maximum Gasteiger partial charge on any atom is 0.337 e. The van der Waals surface area contributed by atoms with Gasteiger partial charge in [0.25, 0.3) is 5.91 Å². The Hall–Kier alpha value is -3.72. The third-order valence-electron chi connectivity index (χ3n) is 3.71. The Morgan fingerprint density at radius 2 is 1.84 bits per heavy atom. The van der Waals surface area contributed by atoms with Gasteiger partial charge in [-0.05, 0) is 38.1 Å². The molecular formula is C21H17ClFN3O5. The molecule has 3 aromatic rings. The highest BCUT2D eigenvalue weighted by molar-refractivity contribution is 6.30. The molecule has 160 valence electrons. The summed E-state index contributed by atoms with van der Waals surface area (Å²) in [7, 11) is 0. The zero-order chi connectivity index (χ0) is 22.5. The molecular weight excluding hydrogens is 429 g/mol. The number of nitrogens with zero attached hydrogens (tertiary/aromatic N) is 2. The Balaban J connectivity index is 1.88. The average molecular weight is 446 g/mol. The van der Waals surface area contributed by atoms with Crippen LogP contribution in [-0.2, 0) is 0 Å². The number of anilines is 1. The zero-order valence-corrected chi connectivity index (χ0v) is 17.2. The van der Waals surface area contributed by atoms with Crippen molar-refractivity contribution >= 4 is 29.3 Å². The van der Waals surface area contributed by atoms with Crippen LogP contribution in [-0.4, -0.2) is 33.1 Å². The van der Waals surface area contributed by atoms with Gasteiger partial charge in [0.05, 0.1) is 17.2 Å². The van der Waals surface area contributed by atoms with Gasteiger partial charge in [-0.2, -0.15) is 4.98 Å². The number of hydrogen-bond acceptors (Lipinski definition) is 6. The summed E-state index contributed by atoms with van der Waals surface area (Å²) in [6.45, 7) is 3.57. The predicted molar refractivity (Wildman–Crippen MR) is 111 cm³/mol. The van der Waals surface area contributed by atoms with Crippen LogP contribution in [0.4, 0.5) is 10.2 Å². The van der Waals surface area contributed by atoms with Crippen molar-refractivity contribution in [3.63, 3.8) is 0 Å². The number of carbonyl (C=O) groups is 2. The van der Waals surface area contributed by atoms with E-state index in [0.717, 1.165) is 18.3 Å². The topological polar surface area (TPSA) is 111 Å². The van der Waals surface area contributed by atoms with Crippen molar-refractivity contribution in [1.82, 2.24) is 9.97 Å². The molecule has 31 heavy (non-hydrogen) atoms. The van der Waals surface area contributed by atoms with E-state index in [4.69, 9.17) is 26.2 Å². The van der Waals surface area contributed by atoms with Crippen molar-refractivity contribution < 1.29 is 28.6 Å². The van der Waals surface area contributed by atoms with Gasteiger partial charge in [0.2, 0.25) is 11.8 Å². The van der Waals surface area contributed by atoms with Crippen LogP contribution in [0.2, 0.25) is 5.02 Å². The van der Waals surface area contributed by atoms with Crippen LogP contribution in [0.1, 0.15) is 34.6 Å². The Morgan fingerprint density at radius 3 is 2.45 bits per heavy atom. The van der Waals surface area contributed by atoms with Crippen molar-refractivity contribution in [3.8, 4) is 17.5 Å². The van der Waals surface area contributed by atoms with Gasteiger partial charge in [0.1, 0.15) is 17.4 Å². The SMILES string of the molecule is CC(C)Oc1cc(C(=O)Nc2ccc(C(=O)O)cn2)cc(Oc2cc(F)cc(Cl)c2)n1. The number of ether oxygens (including phenoxy) is 2. The van der Waals surface area contributed by atoms with Gasteiger partial charge in [-0.25, -0.2) is 14.2 Å². The molecule has 2 N–H and O–H groups in total. The van der Waals surface area contributed by atoms with E-state index >= 15 is 0 Å². The van der Waals surface area contributed by atoms with E-state index in [9.17, 15) is 14.0 Å². The Bertz CT molecular complexity index is 1100. The van der Waals surface area contributed by atoms with Crippen LogP contribution >= 0.6 is 11.6 Å². The quantitative estimate of drug-likeness (QED) is 0.537. The van der Waals surface area contributed by atoms with Crippen LogP contribution in [0.15, 0.2) is 48.7 Å². The average Bonchev–Trinajstić information content (AvgIpc) is 2.66. The minimum atomic E-state index is -1.13. The molecule has 2 aromatic heterocycles. The summed E-state index contributed by atoms with van der Waals surface area (Å²) in [4.78, 5) is 31.7. The molecule has 0 atom stereocenters. The highest BCUT2D eigenvalue weighted by atomic mass is 35.5. The molecule has 0 unspecified atom stereocenters. The van der Waals surface area contributed by atoms with Crippen LogP contribution < -0.4 is 14.8 Å². The molecule has 8 nitrogen and oxygen atoms in total. The second kappa shape index (κ2) is 9.40. The molecule has 2 heterocycles. The summed E-state index contributed by atoms with van der Waals surface area (Å²) in [5.74, 6) is -1.93. The molecule has 0 spiro atoms. The number of carboxylic acid groups (broad SMARTS) is 1. The summed E-state index contributed by atoms with van der Waals surface area (Å²) >= 11 is 5.85. The number of amides is 1. The van der Waals surface area contributed by atoms with Gasteiger partial charge in [-0.15, -0.1) is 0 Å². The number of carbonyl (C=O) groups excluding carboxylic acids is 1. The number of aromatic carboxylic acids is 1. The maximum atomic E-state index is 13.6. The second-order valence-corrected chi connectivity index (χ2v) is 7.03. The highest BCUT2D eigenvalue weighted by Crippen LogP contribution is 2.27. The number of pyridine rings is 2. The van der Waals surface area contributed by atoms with E-state index in [1.807, 2.05) is 0 Å². The fourth-order valence-electron chi connectivity index (χ4n) is 2.46. The number of halogens is 2. The van der Waals surface area contributed by atoms with Gasteiger partial charge >= 0.3 is 5.97 Å². The fourth-order valence-corrected chi connectivity index (χ4v) is 2.67. The van der Waals surface area contributed by atoms with E-state index in [0.29, 0.717) is 0 Å². The minimum absolute atomic E-state index is 0.0147. The molecule has 1 amide bonds. The number of hydrogen-bond donors (Lipinski definition) is 2. The van der Waals surface area contributed by atoms with E-state index in [-0.39, 0.29) is 45.6 Å². The predicted octanol–water partition coefficient (Wildman–Crippen LogP) is 4.80. The van der Waals surface area contributed by atoms with Crippen LogP contribution in [0.3, 0.4) is 0 Å². The Kier molecular flexibility index (Phi) is 6.66.